The van der Waals surface area contributed by atoms with Gasteiger partial charge in [0.1, 0.15) is 16.9 Å². The highest BCUT2D eigenvalue weighted by molar-refractivity contribution is 9.10. The first-order valence-electron chi connectivity index (χ1n) is 8.04. The summed E-state index contributed by atoms with van der Waals surface area (Å²) in [5.74, 6) is 0.706. The van der Waals surface area contributed by atoms with Crippen molar-refractivity contribution < 1.29 is 4.42 Å². The van der Waals surface area contributed by atoms with Gasteiger partial charge in [-0.25, -0.2) is 4.98 Å². The Labute approximate surface area is 142 Å². The maximum atomic E-state index is 12.2. The minimum atomic E-state index is -0.207. The van der Waals surface area contributed by atoms with Gasteiger partial charge < -0.3 is 9.40 Å². The Balaban J connectivity index is 0.000000753. The summed E-state index contributed by atoms with van der Waals surface area (Å²) >= 11 is 3.45. The highest BCUT2D eigenvalue weighted by Crippen LogP contribution is 2.27. The first-order valence-corrected chi connectivity index (χ1v) is 8.83. The lowest BCUT2D eigenvalue weighted by Gasteiger charge is -2.12. The maximum Gasteiger partial charge on any atom is 0.294 e. The van der Waals surface area contributed by atoms with Crippen molar-refractivity contribution in [3.63, 3.8) is 0 Å². The third kappa shape index (κ3) is 3.19. The van der Waals surface area contributed by atoms with Gasteiger partial charge in [0.25, 0.3) is 5.56 Å². The average molecular weight is 378 g/mol. The number of aromatic nitrogens is 2. The predicted molar refractivity (Wildman–Crippen MR) is 95.7 cm³/mol. The van der Waals surface area contributed by atoms with Crippen LogP contribution in [0.2, 0.25) is 0 Å². The van der Waals surface area contributed by atoms with Gasteiger partial charge in [-0.15, -0.1) is 0 Å². The smallest absolute Gasteiger partial charge is 0.294 e. The molecule has 122 valence electrons. The van der Waals surface area contributed by atoms with Crippen LogP contribution in [0.25, 0.3) is 22.1 Å². The molecule has 6 heteroatoms. The summed E-state index contributed by atoms with van der Waals surface area (Å²) in [6, 6.07) is 5.68. The van der Waals surface area contributed by atoms with Gasteiger partial charge in [-0.1, -0.05) is 29.8 Å². The monoisotopic (exact) mass is 377 g/mol. The van der Waals surface area contributed by atoms with E-state index in [1.807, 2.05) is 32.0 Å². The molecule has 3 heterocycles. The molecule has 0 radical (unpaired) electrons. The molecule has 23 heavy (non-hydrogen) atoms. The molecule has 0 saturated carbocycles. The molecule has 0 bridgehead atoms. The van der Waals surface area contributed by atoms with E-state index in [9.17, 15) is 4.79 Å². The summed E-state index contributed by atoms with van der Waals surface area (Å²) in [6.45, 7) is 6.82. The molecule has 3 aromatic rings. The fourth-order valence-electron chi connectivity index (χ4n) is 2.90. The fourth-order valence-corrected chi connectivity index (χ4v) is 3.26. The van der Waals surface area contributed by atoms with Crippen LogP contribution in [0.3, 0.4) is 0 Å². The summed E-state index contributed by atoms with van der Waals surface area (Å²) in [6.07, 6.45) is 2.43. The Morgan fingerprint density at radius 3 is 2.78 bits per heavy atom. The van der Waals surface area contributed by atoms with Crippen molar-refractivity contribution in [3.05, 3.63) is 38.9 Å². The Kier molecular flexibility index (Phi) is 4.82. The van der Waals surface area contributed by atoms with Gasteiger partial charge in [-0.2, -0.15) is 0 Å². The summed E-state index contributed by atoms with van der Waals surface area (Å²) in [4.78, 5) is 22.0. The van der Waals surface area contributed by atoms with Gasteiger partial charge in [0.05, 0.1) is 6.54 Å². The zero-order valence-corrected chi connectivity index (χ0v) is 14.9. The topological polar surface area (TPSA) is 62.1 Å². The Hall–Kier alpha value is -1.66. The van der Waals surface area contributed by atoms with Crippen LogP contribution in [-0.2, 0) is 6.54 Å². The normalized spacial score (nSPS) is 15.1. The van der Waals surface area contributed by atoms with Crippen molar-refractivity contribution in [1.29, 1.82) is 0 Å². The Morgan fingerprint density at radius 1 is 1.30 bits per heavy atom. The minimum Gasteiger partial charge on any atom is -0.449 e. The summed E-state index contributed by atoms with van der Waals surface area (Å²) in [5, 5.41) is 0.869. The number of hydrogen-bond acceptors (Lipinski definition) is 4. The van der Waals surface area contributed by atoms with Crippen LogP contribution in [0.15, 0.2) is 31.9 Å². The molecule has 1 fully saturated rings. The van der Waals surface area contributed by atoms with Crippen molar-refractivity contribution in [2.75, 3.05) is 13.1 Å². The second kappa shape index (κ2) is 6.84. The molecule has 0 spiro atoms. The van der Waals surface area contributed by atoms with Crippen molar-refractivity contribution >= 4 is 38.0 Å². The van der Waals surface area contributed by atoms with E-state index in [0.717, 1.165) is 22.9 Å². The lowest BCUT2D eigenvalue weighted by molar-refractivity contribution is 0.322. The van der Waals surface area contributed by atoms with E-state index >= 15 is 0 Å². The van der Waals surface area contributed by atoms with Gasteiger partial charge in [-0.3, -0.25) is 9.69 Å². The number of H-pyrrole nitrogens is 1. The molecule has 5 nitrogen and oxygen atoms in total. The predicted octanol–water partition coefficient (Wildman–Crippen LogP) is 4.05. The molecule has 1 saturated heterocycles. The fraction of sp³-hybridized carbons (Fsp3) is 0.412. The van der Waals surface area contributed by atoms with Gasteiger partial charge in [0.2, 0.25) is 5.58 Å². The molecule has 2 aromatic heterocycles. The zero-order valence-electron chi connectivity index (χ0n) is 13.4. The molecule has 4 rings (SSSR count). The summed E-state index contributed by atoms with van der Waals surface area (Å²) < 4.78 is 6.57. The lowest BCUT2D eigenvalue weighted by atomic mass is 10.2. The molecular weight excluding hydrogens is 358 g/mol. The molecule has 1 aliphatic rings. The number of nitrogens with one attached hydrogen (secondary N) is 1. The lowest BCUT2D eigenvalue weighted by Crippen LogP contribution is -2.22. The Morgan fingerprint density at radius 2 is 2.04 bits per heavy atom. The van der Waals surface area contributed by atoms with Gasteiger partial charge in [0, 0.05) is 9.86 Å². The third-order valence-electron chi connectivity index (χ3n) is 3.91. The largest absolute Gasteiger partial charge is 0.449 e. The first kappa shape index (κ1) is 16.2. The van der Waals surface area contributed by atoms with E-state index in [2.05, 4.69) is 30.8 Å². The molecular formula is C17H20BrN3O2. The molecule has 0 amide bonds. The van der Waals surface area contributed by atoms with Crippen molar-refractivity contribution in [2.24, 2.45) is 0 Å². The highest BCUT2D eigenvalue weighted by atomic mass is 79.9. The molecule has 1 N–H and O–H groups in total. The standard InChI is InChI=1S/C15H14BrN3O2.C2H6/c16-9-3-4-11-10(7-9)13-14(21-11)15(20)18-12(17-13)8-19-5-1-2-6-19;1-2/h3-4,7H,1-2,5-6,8H2,(H,17,18,20);1-2H3. The number of nitrogens with zero attached hydrogens (tertiary/aromatic N) is 2. The van der Waals surface area contributed by atoms with Crippen LogP contribution >= 0.6 is 15.9 Å². The number of hydrogen-bond donors (Lipinski definition) is 1. The van der Waals surface area contributed by atoms with Crippen molar-refractivity contribution in [2.45, 2.75) is 33.2 Å². The van der Waals surface area contributed by atoms with E-state index in [1.165, 1.54) is 12.8 Å². The number of benzene rings is 1. The maximum absolute atomic E-state index is 12.2. The second-order valence-electron chi connectivity index (χ2n) is 5.42. The SMILES string of the molecule is CC.O=c1[nH]c(CN2CCCC2)nc2c1oc1ccc(Br)cc12. The van der Waals surface area contributed by atoms with E-state index < -0.39 is 0 Å². The van der Waals surface area contributed by atoms with Gasteiger partial charge >= 0.3 is 0 Å². The van der Waals surface area contributed by atoms with Crippen LogP contribution < -0.4 is 5.56 Å². The number of rotatable bonds is 2. The molecule has 0 unspecified atom stereocenters. The van der Waals surface area contributed by atoms with E-state index in [-0.39, 0.29) is 5.56 Å². The van der Waals surface area contributed by atoms with Crippen LogP contribution in [0, 0.1) is 0 Å². The molecule has 1 aromatic carbocycles. The van der Waals surface area contributed by atoms with Crippen LogP contribution in [0.4, 0.5) is 0 Å². The van der Waals surface area contributed by atoms with Gasteiger partial charge in [-0.05, 0) is 44.1 Å². The number of fused-ring (bicyclic) bond motifs is 3. The number of furan rings is 1. The van der Waals surface area contributed by atoms with Crippen molar-refractivity contribution in [3.8, 4) is 0 Å². The first-order chi connectivity index (χ1) is 11.2. The average Bonchev–Trinajstić information content (AvgIpc) is 3.18. The molecule has 1 aliphatic heterocycles. The molecule has 0 aliphatic carbocycles. The number of halogens is 1. The summed E-state index contributed by atoms with van der Waals surface area (Å²) in [5.41, 5.74) is 1.42. The van der Waals surface area contributed by atoms with Crippen LogP contribution in [0.5, 0.6) is 0 Å². The van der Waals surface area contributed by atoms with E-state index in [4.69, 9.17) is 4.42 Å². The number of likely N-dealkylation sites (tertiary alicyclic amines) is 1. The van der Waals surface area contributed by atoms with Gasteiger partial charge in [0.15, 0.2) is 0 Å². The second-order valence-corrected chi connectivity index (χ2v) is 6.33. The van der Waals surface area contributed by atoms with E-state index in [1.54, 1.807) is 0 Å². The van der Waals surface area contributed by atoms with Crippen LogP contribution in [0.1, 0.15) is 32.5 Å². The Bertz CT molecular complexity index is 879. The zero-order chi connectivity index (χ0) is 16.4. The quantitative estimate of drug-likeness (QED) is 0.731. The van der Waals surface area contributed by atoms with Crippen molar-refractivity contribution in [1.82, 2.24) is 14.9 Å². The highest BCUT2D eigenvalue weighted by Gasteiger charge is 2.17. The van der Waals surface area contributed by atoms with E-state index in [0.29, 0.717) is 29.1 Å². The number of aromatic amines is 1. The summed E-state index contributed by atoms with van der Waals surface area (Å²) in [7, 11) is 0. The third-order valence-corrected chi connectivity index (χ3v) is 4.40. The minimum absolute atomic E-state index is 0.207. The molecule has 0 atom stereocenters. The van der Waals surface area contributed by atoms with Crippen LogP contribution in [-0.4, -0.2) is 28.0 Å².